The molecule has 2 heterocycles. The van der Waals surface area contributed by atoms with Gasteiger partial charge in [0, 0.05) is 24.7 Å². The van der Waals surface area contributed by atoms with Crippen LogP contribution in [-0.4, -0.2) is 36.1 Å². The monoisotopic (exact) mass is 236 g/mol. The Balaban J connectivity index is 1.79. The van der Waals surface area contributed by atoms with Crippen LogP contribution < -0.4 is 5.32 Å². The molecule has 17 heavy (non-hydrogen) atoms. The van der Waals surface area contributed by atoms with E-state index >= 15 is 0 Å². The first-order valence-electron chi connectivity index (χ1n) is 7.58. The SMILES string of the molecule is CC1CCCCC1N1CC2CNCC2C1(C)C. The number of likely N-dealkylation sites (tertiary alicyclic amines) is 1. The largest absolute Gasteiger partial charge is 0.316 e. The smallest absolute Gasteiger partial charge is 0.0200 e. The molecule has 0 spiro atoms. The Labute approximate surface area is 106 Å². The Morgan fingerprint density at radius 2 is 1.88 bits per heavy atom. The maximum atomic E-state index is 3.59. The summed E-state index contributed by atoms with van der Waals surface area (Å²) < 4.78 is 0. The van der Waals surface area contributed by atoms with Crippen LogP contribution in [0.3, 0.4) is 0 Å². The molecular formula is C15H28N2. The Kier molecular flexibility index (Phi) is 2.99. The van der Waals surface area contributed by atoms with Crippen molar-refractivity contribution < 1.29 is 0 Å². The third-order valence-electron chi connectivity index (χ3n) is 5.89. The van der Waals surface area contributed by atoms with Crippen LogP contribution in [-0.2, 0) is 0 Å². The minimum Gasteiger partial charge on any atom is -0.316 e. The lowest BCUT2D eigenvalue weighted by Gasteiger charge is -2.45. The normalized spacial score (nSPS) is 46.1. The van der Waals surface area contributed by atoms with Crippen molar-refractivity contribution in [2.75, 3.05) is 19.6 Å². The molecule has 3 rings (SSSR count). The predicted molar refractivity (Wildman–Crippen MR) is 72.1 cm³/mol. The van der Waals surface area contributed by atoms with Crippen LogP contribution in [0.4, 0.5) is 0 Å². The summed E-state index contributed by atoms with van der Waals surface area (Å²) in [6, 6.07) is 0.865. The molecular weight excluding hydrogens is 208 g/mol. The fraction of sp³-hybridized carbons (Fsp3) is 1.00. The van der Waals surface area contributed by atoms with Crippen molar-refractivity contribution in [2.45, 2.75) is 58.0 Å². The summed E-state index contributed by atoms with van der Waals surface area (Å²) in [5, 5.41) is 3.59. The summed E-state index contributed by atoms with van der Waals surface area (Å²) in [5.74, 6) is 2.71. The van der Waals surface area contributed by atoms with Gasteiger partial charge in [-0.15, -0.1) is 0 Å². The van der Waals surface area contributed by atoms with Crippen molar-refractivity contribution in [1.82, 2.24) is 10.2 Å². The summed E-state index contributed by atoms with van der Waals surface area (Å²) in [6.45, 7) is 11.3. The molecule has 1 saturated carbocycles. The molecule has 2 aliphatic heterocycles. The molecule has 0 aromatic carbocycles. The van der Waals surface area contributed by atoms with Crippen LogP contribution in [0.2, 0.25) is 0 Å². The molecule has 1 aliphatic carbocycles. The first kappa shape index (κ1) is 12.0. The second-order valence-corrected chi connectivity index (χ2v) is 7.16. The fourth-order valence-corrected chi connectivity index (χ4v) is 4.77. The number of nitrogens with one attached hydrogen (secondary N) is 1. The van der Waals surface area contributed by atoms with E-state index in [1.165, 1.54) is 45.3 Å². The molecule has 1 N–H and O–H groups in total. The highest BCUT2D eigenvalue weighted by molar-refractivity contribution is 5.07. The topological polar surface area (TPSA) is 15.3 Å². The molecule has 0 aromatic rings. The minimum absolute atomic E-state index is 0.421. The number of rotatable bonds is 1. The molecule has 2 heteroatoms. The van der Waals surface area contributed by atoms with Gasteiger partial charge >= 0.3 is 0 Å². The maximum Gasteiger partial charge on any atom is 0.0200 e. The van der Waals surface area contributed by atoms with Crippen LogP contribution in [0.15, 0.2) is 0 Å². The third kappa shape index (κ3) is 1.84. The zero-order valence-corrected chi connectivity index (χ0v) is 11.7. The van der Waals surface area contributed by atoms with E-state index in [2.05, 4.69) is 31.0 Å². The van der Waals surface area contributed by atoms with Gasteiger partial charge in [-0.1, -0.05) is 19.8 Å². The second kappa shape index (κ2) is 4.24. The summed E-state index contributed by atoms with van der Waals surface area (Å²) in [5.41, 5.74) is 0.421. The number of nitrogens with zero attached hydrogens (tertiary/aromatic N) is 1. The van der Waals surface area contributed by atoms with Crippen molar-refractivity contribution in [3.8, 4) is 0 Å². The molecule has 0 amide bonds. The number of hydrogen-bond acceptors (Lipinski definition) is 2. The quantitative estimate of drug-likeness (QED) is 0.752. The third-order valence-corrected chi connectivity index (χ3v) is 5.89. The zero-order valence-electron chi connectivity index (χ0n) is 11.7. The lowest BCUT2D eigenvalue weighted by molar-refractivity contribution is 0.0401. The van der Waals surface area contributed by atoms with E-state index in [0.29, 0.717) is 5.54 Å². The van der Waals surface area contributed by atoms with Gasteiger partial charge < -0.3 is 5.32 Å². The summed E-state index contributed by atoms with van der Waals surface area (Å²) in [6.07, 6.45) is 5.80. The highest BCUT2D eigenvalue weighted by Crippen LogP contribution is 2.44. The number of fused-ring (bicyclic) bond motifs is 1. The van der Waals surface area contributed by atoms with E-state index in [0.717, 1.165) is 23.8 Å². The molecule has 2 nitrogen and oxygen atoms in total. The Morgan fingerprint density at radius 3 is 2.59 bits per heavy atom. The van der Waals surface area contributed by atoms with Crippen molar-refractivity contribution in [3.63, 3.8) is 0 Å². The molecule has 3 aliphatic rings. The summed E-state index contributed by atoms with van der Waals surface area (Å²) in [4.78, 5) is 2.88. The van der Waals surface area contributed by atoms with E-state index in [-0.39, 0.29) is 0 Å². The van der Waals surface area contributed by atoms with Gasteiger partial charge in [-0.3, -0.25) is 4.90 Å². The van der Waals surface area contributed by atoms with Gasteiger partial charge in [-0.25, -0.2) is 0 Å². The van der Waals surface area contributed by atoms with Gasteiger partial charge in [0.05, 0.1) is 0 Å². The average Bonchev–Trinajstić information content (AvgIpc) is 2.83. The van der Waals surface area contributed by atoms with Gasteiger partial charge in [-0.05, 0) is 51.0 Å². The van der Waals surface area contributed by atoms with E-state index < -0.39 is 0 Å². The average molecular weight is 236 g/mol. The molecule has 4 atom stereocenters. The first-order valence-corrected chi connectivity index (χ1v) is 7.58. The molecule has 0 radical (unpaired) electrons. The summed E-state index contributed by atoms with van der Waals surface area (Å²) >= 11 is 0. The minimum atomic E-state index is 0.421. The first-order chi connectivity index (χ1) is 8.10. The van der Waals surface area contributed by atoms with Crippen LogP contribution >= 0.6 is 0 Å². The fourth-order valence-electron chi connectivity index (χ4n) is 4.77. The molecule has 98 valence electrons. The molecule has 0 bridgehead atoms. The van der Waals surface area contributed by atoms with Crippen molar-refractivity contribution >= 4 is 0 Å². The van der Waals surface area contributed by atoms with Crippen molar-refractivity contribution in [3.05, 3.63) is 0 Å². The van der Waals surface area contributed by atoms with E-state index in [1.54, 1.807) is 0 Å². The summed E-state index contributed by atoms with van der Waals surface area (Å²) in [7, 11) is 0. The van der Waals surface area contributed by atoms with Gasteiger partial charge in [0.2, 0.25) is 0 Å². The molecule has 4 unspecified atom stereocenters. The molecule has 2 saturated heterocycles. The molecule has 3 fully saturated rings. The highest BCUT2D eigenvalue weighted by atomic mass is 15.3. The Hall–Kier alpha value is -0.0800. The maximum absolute atomic E-state index is 3.59. The lowest BCUT2D eigenvalue weighted by Crippen LogP contribution is -2.52. The van der Waals surface area contributed by atoms with Crippen LogP contribution in [0.25, 0.3) is 0 Å². The standard InChI is InChI=1S/C15H28N2/c1-11-6-4-5-7-14(11)17-10-12-8-16-9-13(12)15(17,2)3/h11-14,16H,4-10H2,1-3H3. The van der Waals surface area contributed by atoms with Gasteiger partial charge in [0.1, 0.15) is 0 Å². The zero-order chi connectivity index (χ0) is 12.0. The van der Waals surface area contributed by atoms with Gasteiger partial charge in [-0.2, -0.15) is 0 Å². The van der Waals surface area contributed by atoms with E-state index in [4.69, 9.17) is 0 Å². The second-order valence-electron chi connectivity index (χ2n) is 7.16. The lowest BCUT2D eigenvalue weighted by atomic mass is 9.81. The molecule has 0 aromatic heterocycles. The van der Waals surface area contributed by atoms with E-state index in [9.17, 15) is 0 Å². The predicted octanol–water partition coefficient (Wildman–Crippen LogP) is 2.49. The van der Waals surface area contributed by atoms with Gasteiger partial charge in [0.25, 0.3) is 0 Å². The highest BCUT2D eigenvalue weighted by Gasteiger charge is 2.52. The number of hydrogen-bond donors (Lipinski definition) is 1. The van der Waals surface area contributed by atoms with Crippen molar-refractivity contribution in [1.29, 1.82) is 0 Å². The van der Waals surface area contributed by atoms with Crippen LogP contribution in [0.5, 0.6) is 0 Å². The Morgan fingerprint density at radius 1 is 1.12 bits per heavy atom. The van der Waals surface area contributed by atoms with Crippen molar-refractivity contribution in [2.24, 2.45) is 17.8 Å². The van der Waals surface area contributed by atoms with Gasteiger partial charge in [0.15, 0.2) is 0 Å². The van der Waals surface area contributed by atoms with E-state index in [1.807, 2.05) is 0 Å². The van der Waals surface area contributed by atoms with Crippen LogP contribution in [0, 0.1) is 17.8 Å². The Bertz CT molecular complexity index is 287. The van der Waals surface area contributed by atoms with Crippen LogP contribution in [0.1, 0.15) is 46.5 Å².